The van der Waals surface area contributed by atoms with E-state index < -0.39 is 0 Å². The highest BCUT2D eigenvalue weighted by Gasteiger charge is 2.22. The molecule has 0 atom stereocenters. The predicted octanol–water partition coefficient (Wildman–Crippen LogP) is 4.21. The Bertz CT molecular complexity index is 1070. The van der Waals surface area contributed by atoms with Gasteiger partial charge in [-0.05, 0) is 50.6 Å². The van der Waals surface area contributed by atoms with Gasteiger partial charge in [-0.2, -0.15) is 5.10 Å². The molecule has 6 nitrogen and oxygen atoms in total. The molecule has 2 heterocycles. The van der Waals surface area contributed by atoms with Crippen molar-refractivity contribution in [3.63, 3.8) is 0 Å². The zero-order chi connectivity index (χ0) is 22.0. The Morgan fingerprint density at radius 3 is 2.45 bits per heavy atom. The third-order valence-electron chi connectivity index (χ3n) is 5.81. The molecule has 0 radical (unpaired) electrons. The van der Waals surface area contributed by atoms with Crippen molar-refractivity contribution in [2.24, 2.45) is 0 Å². The molecular formula is C24H28ClN5O. The molecule has 0 spiro atoms. The number of nitrogens with zero attached hydrogens (tertiary/aromatic N) is 4. The number of amides is 1. The molecule has 4 rings (SSSR count). The second-order valence-electron chi connectivity index (χ2n) is 8.04. The summed E-state index contributed by atoms with van der Waals surface area (Å²) in [5.41, 5.74) is 5.92. The molecular weight excluding hydrogens is 410 g/mol. The van der Waals surface area contributed by atoms with Crippen LogP contribution in [0.4, 0.5) is 11.4 Å². The Morgan fingerprint density at radius 1 is 1.03 bits per heavy atom. The van der Waals surface area contributed by atoms with E-state index in [0.717, 1.165) is 54.0 Å². The summed E-state index contributed by atoms with van der Waals surface area (Å²) in [6, 6.07) is 15.9. The Kier molecular flexibility index (Phi) is 6.30. The number of nitrogens with one attached hydrogen (secondary N) is 1. The average Bonchev–Trinajstić information content (AvgIpc) is 3.05. The van der Waals surface area contributed by atoms with Crippen molar-refractivity contribution < 1.29 is 4.79 Å². The first kappa shape index (κ1) is 21.4. The number of halogens is 1. The van der Waals surface area contributed by atoms with E-state index in [2.05, 4.69) is 33.2 Å². The third-order valence-corrected chi connectivity index (χ3v) is 6.04. The molecule has 2 aromatic carbocycles. The highest BCUT2D eigenvalue weighted by Crippen LogP contribution is 2.26. The minimum atomic E-state index is -0.00815. The number of anilines is 2. The second-order valence-corrected chi connectivity index (χ2v) is 8.47. The minimum Gasteiger partial charge on any atom is -0.369 e. The maximum absolute atomic E-state index is 12.8. The first-order valence-electron chi connectivity index (χ1n) is 10.6. The van der Waals surface area contributed by atoms with Crippen LogP contribution in [-0.4, -0.2) is 53.3 Å². The van der Waals surface area contributed by atoms with E-state index >= 15 is 0 Å². The number of hydrogen-bond acceptors (Lipinski definition) is 4. The monoisotopic (exact) mass is 437 g/mol. The lowest BCUT2D eigenvalue weighted by molar-refractivity contribution is -0.117. The molecule has 1 N–H and O–H groups in total. The number of carbonyl (C=O) groups is 1. The molecule has 0 aliphatic carbocycles. The van der Waals surface area contributed by atoms with Gasteiger partial charge in [0.25, 0.3) is 0 Å². The van der Waals surface area contributed by atoms with Crippen LogP contribution in [0.15, 0.2) is 48.5 Å². The van der Waals surface area contributed by atoms with Crippen molar-refractivity contribution >= 4 is 28.9 Å². The fourth-order valence-electron chi connectivity index (χ4n) is 4.10. The van der Waals surface area contributed by atoms with Crippen LogP contribution in [-0.2, 0) is 4.79 Å². The molecule has 0 unspecified atom stereocenters. The number of aryl methyl sites for hydroxylation is 2. The predicted molar refractivity (Wildman–Crippen MR) is 127 cm³/mol. The summed E-state index contributed by atoms with van der Waals surface area (Å²) in [4.78, 5) is 17.3. The molecule has 0 bridgehead atoms. The zero-order valence-corrected chi connectivity index (χ0v) is 19.0. The number of rotatable bonds is 5. The Morgan fingerprint density at radius 2 is 1.74 bits per heavy atom. The molecule has 1 aliphatic heterocycles. The summed E-state index contributed by atoms with van der Waals surface area (Å²) in [7, 11) is 0. The smallest absolute Gasteiger partial charge is 0.238 e. The fraction of sp³-hybridized carbons (Fsp3) is 0.333. The van der Waals surface area contributed by atoms with Gasteiger partial charge in [0.15, 0.2) is 0 Å². The van der Waals surface area contributed by atoms with Crippen molar-refractivity contribution in [3.05, 3.63) is 70.5 Å². The topological polar surface area (TPSA) is 53.4 Å². The molecule has 1 amide bonds. The molecule has 0 saturated carbocycles. The molecule has 1 aliphatic rings. The number of carbonyl (C=O) groups excluding carboxylic acids is 1. The Hall–Kier alpha value is -2.83. The van der Waals surface area contributed by atoms with Gasteiger partial charge in [-0.25, -0.2) is 4.68 Å². The van der Waals surface area contributed by atoms with Gasteiger partial charge in [0.1, 0.15) is 0 Å². The minimum absolute atomic E-state index is 0.00815. The SMILES string of the molecule is Cc1ccc(Cl)cc1N1CCN(CC(=O)Nc2c(C)nn(-c3ccccc3)c2C)CC1. The van der Waals surface area contributed by atoms with E-state index in [1.807, 2.05) is 61.0 Å². The molecule has 1 saturated heterocycles. The van der Waals surface area contributed by atoms with Crippen LogP contribution in [0.25, 0.3) is 5.69 Å². The summed E-state index contributed by atoms with van der Waals surface area (Å²) in [6.07, 6.45) is 0. The van der Waals surface area contributed by atoms with Crippen molar-refractivity contribution in [2.75, 3.05) is 42.9 Å². The van der Waals surface area contributed by atoms with Crippen molar-refractivity contribution in [1.29, 1.82) is 0 Å². The van der Waals surface area contributed by atoms with Crippen LogP contribution in [0.5, 0.6) is 0 Å². The molecule has 1 aromatic heterocycles. The zero-order valence-electron chi connectivity index (χ0n) is 18.2. The lowest BCUT2D eigenvalue weighted by atomic mass is 10.1. The van der Waals surface area contributed by atoms with Crippen LogP contribution < -0.4 is 10.2 Å². The summed E-state index contributed by atoms with van der Waals surface area (Å²) in [5.74, 6) is -0.00815. The van der Waals surface area contributed by atoms with Gasteiger partial charge in [0, 0.05) is 36.9 Å². The van der Waals surface area contributed by atoms with E-state index in [1.54, 1.807) is 0 Å². The third kappa shape index (κ3) is 4.75. The molecule has 3 aromatic rings. The number of para-hydroxylation sites is 1. The number of aromatic nitrogens is 2. The highest BCUT2D eigenvalue weighted by molar-refractivity contribution is 6.30. The highest BCUT2D eigenvalue weighted by atomic mass is 35.5. The summed E-state index contributed by atoms with van der Waals surface area (Å²) < 4.78 is 1.87. The van der Waals surface area contributed by atoms with E-state index in [9.17, 15) is 4.79 Å². The van der Waals surface area contributed by atoms with Crippen molar-refractivity contribution in [1.82, 2.24) is 14.7 Å². The van der Waals surface area contributed by atoms with Crippen LogP contribution in [0.3, 0.4) is 0 Å². The van der Waals surface area contributed by atoms with Gasteiger partial charge in [-0.1, -0.05) is 35.9 Å². The number of piperazine rings is 1. The molecule has 7 heteroatoms. The van der Waals surface area contributed by atoms with Crippen molar-refractivity contribution in [3.8, 4) is 5.69 Å². The first-order chi connectivity index (χ1) is 14.9. The second kappa shape index (κ2) is 9.12. The van der Waals surface area contributed by atoms with Gasteiger partial charge >= 0.3 is 0 Å². The quantitative estimate of drug-likeness (QED) is 0.649. The van der Waals surface area contributed by atoms with Crippen LogP contribution in [0.1, 0.15) is 17.0 Å². The fourth-order valence-corrected chi connectivity index (χ4v) is 4.26. The Balaban J connectivity index is 1.36. The molecule has 31 heavy (non-hydrogen) atoms. The standard InChI is InChI=1S/C24H28ClN5O/c1-17-9-10-20(25)15-22(17)29-13-11-28(12-14-29)16-23(31)26-24-18(2)27-30(19(24)3)21-7-5-4-6-8-21/h4-10,15H,11-14,16H2,1-3H3,(H,26,31). The average molecular weight is 438 g/mol. The first-order valence-corrected chi connectivity index (χ1v) is 10.9. The summed E-state index contributed by atoms with van der Waals surface area (Å²) in [5, 5.41) is 8.44. The van der Waals surface area contributed by atoms with Gasteiger partial charge < -0.3 is 10.2 Å². The number of hydrogen-bond donors (Lipinski definition) is 1. The lowest BCUT2D eigenvalue weighted by Crippen LogP contribution is -2.48. The van der Waals surface area contributed by atoms with Crippen molar-refractivity contribution in [2.45, 2.75) is 20.8 Å². The van der Waals surface area contributed by atoms with Gasteiger partial charge in [-0.15, -0.1) is 0 Å². The maximum atomic E-state index is 12.8. The van der Waals surface area contributed by atoms with E-state index in [1.165, 1.54) is 11.3 Å². The largest absolute Gasteiger partial charge is 0.369 e. The molecule has 162 valence electrons. The summed E-state index contributed by atoms with van der Waals surface area (Å²) >= 11 is 6.18. The summed E-state index contributed by atoms with van der Waals surface area (Å²) in [6.45, 7) is 9.80. The normalized spacial score (nSPS) is 14.6. The Labute approximate surface area is 188 Å². The van der Waals surface area contributed by atoms with Gasteiger partial charge in [-0.3, -0.25) is 9.69 Å². The molecule has 1 fully saturated rings. The van der Waals surface area contributed by atoms with E-state index in [0.29, 0.717) is 6.54 Å². The van der Waals surface area contributed by atoms with E-state index in [4.69, 9.17) is 11.6 Å². The van der Waals surface area contributed by atoms with Crippen LogP contribution >= 0.6 is 11.6 Å². The maximum Gasteiger partial charge on any atom is 0.238 e. The lowest BCUT2D eigenvalue weighted by Gasteiger charge is -2.36. The van der Waals surface area contributed by atoms with E-state index in [-0.39, 0.29) is 5.91 Å². The van der Waals surface area contributed by atoms with Crippen LogP contribution in [0, 0.1) is 20.8 Å². The van der Waals surface area contributed by atoms with Gasteiger partial charge in [0.2, 0.25) is 5.91 Å². The van der Waals surface area contributed by atoms with Gasteiger partial charge in [0.05, 0.1) is 29.3 Å². The van der Waals surface area contributed by atoms with Crippen LogP contribution in [0.2, 0.25) is 5.02 Å². The number of benzene rings is 2.